The minimum Gasteiger partial charge on any atom is -0.462 e. The molecular weight excluding hydrogens is 299 g/mol. The van der Waals surface area contributed by atoms with Crippen LogP contribution in [0.2, 0.25) is 0 Å². The van der Waals surface area contributed by atoms with Gasteiger partial charge in [-0.05, 0) is 37.1 Å². The number of carbonyl (C=O) groups is 1. The molecule has 0 saturated carbocycles. The normalized spacial score (nSPS) is 22.2. The summed E-state index contributed by atoms with van der Waals surface area (Å²) in [7, 11) is 0. The Kier molecular flexibility index (Phi) is 5.28. The monoisotopic (exact) mass is 317 g/mol. The van der Waals surface area contributed by atoms with Crippen LogP contribution in [0.3, 0.4) is 0 Å². The summed E-state index contributed by atoms with van der Waals surface area (Å²) in [5.41, 5.74) is 0.899. The number of carbonyl (C=O) groups excluding carboxylic acids is 1. The fourth-order valence-corrected chi connectivity index (χ4v) is 2.58. The number of halogens is 3. The molecule has 1 heterocycles. The van der Waals surface area contributed by atoms with Crippen LogP contribution in [-0.2, 0) is 16.0 Å². The van der Waals surface area contributed by atoms with Crippen molar-refractivity contribution in [3.05, 3.63) is 29.8 Å². The lowest BCUT2D eigenvalue weighted by molar-refractivity contribution is -0.274. The van der Waals surface area contributed by atoms with Gasteiger partial charge in [0.2, 0.25) is 0 Å². The number of esters is 1. The molecule has 0 spiro atoms. The highest BCUT2D eigenvalue weighted by atomic mass is 19.4. The van der Waals surface area contributed by atoms with Gasteiger partial charge < -0.3 is 14.8 Å². The molecule has 0 aliphatic carbocycles. The maximum Gasteiger partial charge on any atom is 0.573 e. The molecule has 1 saturated heterocycles. The van der Waals surface area contributed by atoms with Crippen molar-refractivity contribution in [3.63, 3.8) is 0 Å². The number of piperidine rings is 1. The minimum atomic E-state index is -4.68. The molecule has 4 nitrogen and oxygen atoms in total. The SMILES string of the molecule is CC(=O)OC1CCNC(Cc2ccc(OC(F)(F)F)cc2)C1. The summed E-state index contributed by atoms with van der Waals surface area (Å²) in [6.45, 7) is 2.13. The zero-order valence-corrected chi connectivity index (χ0v) is 12.2. The fourth-order valence-electron chi connectivity index (χ4n) is 2.58. The second-order valence-corrected chi connectivity index (χ2v) is 5.30. The van der Waals surface area contributed by atoms with Crippen molar-refractivity contribution in [3.8, 4) is 5.75 Å². The molecule has 1 N–H and O–H groups in total. The third kappa shape index (κ3) is 5.55. The Bertz CT molecular complexity index is 502. The molecule has 0 bridgehead atoms. The molecule has 1 fully saturated rings. The molecule has 1 aromatic carbocycles. The second kappa shape index (κ2) is 7.00. The molecule has 1 aliphatic rings. The van der Waals surface area contributed by atoms with Crippen LogP contribution in [-0.4, -0.2) is 31.0 Å². The third-order valence-electron chi connectivity index (χ3n) is 3.42. The molecule has 1 aliphatic heterocycles. The fraction of sp³-hybridized carbons (Fsp3) is 0.533. The Hall–Kier alpha value is -1.76. The van der Waals surface area contributed by atoms with E-state index in [1.54, 1.807) is 12.1 Å². The first kappa shape index (κ1) is 16.6. The van der Waals surface area contributed by atoms with Gasteiger partial charge in [-0.2, -0.15) is 0 Å². The molecule has 122 valence electrons. The van der Waals surface area contributed by atoms with Crippen LogP contribution in [0.4, 0.5) is 13.2 Å². The molecule has 22 heavy (non-hydrogen) atoms. The van der Waals surface area contributed by atoms with Gasteiger partial charge in [-0.15, -0.1) is 13.2 Å². The summed E-state index contributed by atoms with van der Waals surface area (Å²) in [5, 5.41) is 3.32. The smallest absolute Gasteiger partial charge is 0.462 e. The maximum absolute atomic E-state index is 12.1. The Morgan fingerprint density at radius 2 is 2.00 bits per heavy atom. The van der Waals surface area contributed by atoms with Gasteiger partial charge in [0.1, 0.15) is 11.9 Å². The Labute approximate surface area is 126 Å². The highest BCUT2D eigenvalue weighted by molar-refractivity contribution is 5.66. The van der Waals surface area contributed by atoms with Gasteiger partial charge in [0, 0.05) is 19.4 Å². The number of alkyl halides is 3. The van der Waals surface area contributed by atoms with Crippen LogP contribution in [0.15, 0.2) is 24.3 Å². The lowest BCUT2D eigenvalue weighted by Crippen LogP contribution is -2.42. The van der Waals surface area contributed by atoms with E-state index in [1.807, 2.05) is 0 Å². The van der Waals surface area contributed by atoms with Crippen LogP contribution in [0.25, 0.3) is 0 Å². The van der Waals surface area contributed by atoms with Crippen molar-refractivity contribution < 1.29 is 27.4 Å². The first-order valence-corrected chi connectivity index (χ1v) is 7.07. The zero-order chi connectivity index (χ0) is 16.2. The van der Waals surface area contributed by atoms with Gasteiger partial charge in [0.05, 0.1) is 0 Å². The number of rotatable bonds is 4. The lowest BCUT2D eigenvalue weighted by atomic mass is 9.96. The van der Waals surface area contributed by atoms with E-state index in [-0.39, 0.29) is 23.9 Å². The van der Waals surface area contributed by atoms with Crippen molar-refractivity contribution in [1.82, 2.24) is 5.32 Å². The predicted octanol–water partition coefficient (Wildman–Crippen LogP) is 2.81. The first-order valence-electron chi connectivity index (χ1n) is 7.07. The van der Waals surface area contributed by atoms with E-state index in [4.69, 9.17) is 4.74 Å². The van der Waals surface area contributed by atoms with Gasteiger partial charge >= 0.3 is 12.3 Å². The molecule has 2 unspecified atom stereocenters. The van der Waals surface area contributed by atoms with Crippen LogP contribution in [0.1, 0.15) is 25.3 Å². The van der Waals surface area contributed by atoms with E-state index in [0.29, 0.717) is 12.8 Å². The molecule has 7 heteroatoms. The zero-order valence-electron chi connectivity index (χ0n) is 12.2. The van der Waals surface area contributed by atoms with Crippen molar-refractivity contribution in [2.24, 2.45) is 0 Å². The Balaban J connectivity index is 1.89. The van der Waals surface area contributed by atoms with E-state index in [9.17, 15) is 18.0 Å². The van der Waals surface area contributed by atoms with Crippen LogP contribution >= 0.6 is 0 Å². The summed E-state index contributed by atoms with van der Waals surface area (Å²) < 4.78 is 45.3. The quantitative estimate of drug-likeness (QED) is 0.868. The summed E-state index contributed by atoms with van der Waals surface area (Å²) >= 11 is 0. The highest BCUT2D eigenvalue weighted by Gasteiger charge is 2.31. The van der Waals surface area contributed by atoms with Gasteiger partial charge in [-0.1, -0.05) is 12.1 Å². The number of ether oxygens (including phenoxy) is 2. The summed E-state index contributed by atoms with van der Waals surface area (Å²) in [4.78, 5) is 11.0. The Morgan fingerprint density at radius 3 is 2.59 bits per heavy atom. The second-order valence-electron chi connectivity index (χ2n) is 5.30. The number of nitrogens with one attached hydrogen (secondary N) is 1. The molecule has 1 aromatic rings. The molecule has 0 aromatic heterocycles. The van der Waals surface area contributed by atoms with Crippen LogP contribution in [0, 0.1) is 0 Å². The summed E-state index contributed by atoms with van der Waals surface area (Å²) in [5.74, 6) is -0.523. The number of benzene rings is 1. The average Bonchev–Trinajstić information content (AvgIpc) is 2.39. The van der Waals surface area contributed by atoms with Crippen molar-refractivity contribution in [1.29, 1.82) is 0 Å². The highest BCUT2D eigenvalue weighted by Crippen LogP contribution is 2.23. The molecule has 2 atom stereocenters. The van der Waals surface area contributed by atoms with Gasteiger partial charge in [-0.25, -0.2) is 0 Å². The standard InChI is InChI=1S/C15H18F3NO3/c1-10(20)21-14-6-7-19-12(9-14)8-11-2-4-13(5-3-11)22-15(16,17)18/h2-5,12,14,19H,6-9H2,1H3. The van der Waals surface area contributed by atoms with E-state index in [2.05, 4.69) is 10.1 Å². The van der Waals surface area contributed by atoms with E-state index in [0.717, 1.165) is 18.5 Å². The number of hydrogen-bond donors (Lipinski definition) is 1. The predicted molar refractivity (Wildman–Crippen MR) is 73.4 cm³/mol. The minimum absolute atomic E-state index is 0.100. The molecule has 0 radical (unpaired) electrons. The van der Waals surface area contributed by atoms with E-state index < -0.39 is 6.36 Å². The van der Waals surface area contributed by atoms with Gasteiger partial charge in [0.15, 0.2) is 0 Å². The van der Waals surface area contributed by atoms with Crippen LogP contribution < -0.4 is 10.1 Å². The summed E-state index contributed by atoms with van der Waals surface area (Å²) in [6.07, 6.45) is -2.65. The van der Waals surface area contributed by atoms with E-state index >= 15 is 0 Å². The van der Waals surface area contributed by atoms with Crippen molar-refractivity contribution >= 4 is 5.97 Å². The van der Waals surface area contributed by atoms with Gasteiger partial charge in [0.25, 0.3) is 0 Å². The van der Waals surface area contributed by atoms with E-state index in [1.165, 1.54) is 19.1 Å². The van der Waals surface area contributed by atoms with Crippen molar-refractivity contribution in [2.45, 2.75) is 44.7 Å². The van der Waals surface area contributed by atoms with Gasteiger partial charge in [-0.3, -0.25) is 4.79 Å². The molecule has 0 amide bonds. The number of hydrogen-bond acceptors (Lipinski definition) is 4. The third-order valence-corrected chi connectivity index (χ3v) is 3.42. The van der Waals surface area contributed by atoms with Crippen LogP contribution in [0.5, 0.6) is 5.75 Å². The lowest BCUT2D eigenvalue weighted by Gasteiger charge is -2.30. The Morgan fingerprint density at radius 1 is 1.32 bits per heavy atom. The topological polar surface area (TPSA) is 47.6 Å². The van der Waals surface area contributed by atoms with Crippen molar-refractivity contribution in [2.75, 3.05) is 6.54 Å². The first-order chi connectivity index (χ1) is 10.3. The maximum atomic E-state index is 12.1. The largest absolute Gasteiger partial charge is 0.573 e. The molecular formula is C15H18F3NO3. The average molecular weight is 317 g/mol. The molecule has 2 rings (SSSR count). The summed E-state index contributed by atoms with van der Waals surface area (Å²) in [6, 6.07) is 5.95.